The molecule has 2 heterocycles. The summed E-state index contributed by atoms with van der Waals surface area (Å²) < 4.78 is 0. The molecule has 0 radical (unpaired) electrons. The molecule has 1 N–H and O–H groups in total. The van der Waals surface area contributed by atoms with Crippen LogP contribution in [-0.2, 0) is 0 Å². The third-order valence-corrected chi connectivity index (χ3v) is 6.13. The second kappa shape index (κ2) is 7.06. The fraction of sp³-hybridized carbons (Fsp3) is 0.923. The first-order chi connectivity index (χ1) is 8.78. The average molecular weight is 287 g/mol. The predicted molar refractivity (Wildman–Crippen MR) is 85.0 cm³/mol. The van der Waals surface area contributed by atoms with Gasteiger partial charge in [0.15, 0.2) is 5.17 Å². The van der Waals surface area contributed by atoms with Crippen molar-refractivity contribution >= 4 is 28.7 Å². The van der Waals surface area contributed by atoms with Gasteiger partial charge in [0.2, 0.25) is 0 Å². The van der Waals surface area contributed by atoms with E-state index < -0.39 is 0 Å². The van der Waals surface area contributed by atoms with E-state index in [0.717, 1.165) is 13.1 Å². The van der Waals surface area contributed by atoms with Gasteiger partial charge >= 0.3 is 0 Å². The molecule has 5 heteroatoms. The molecule has 2 aliphatic heterocycles. The molecule has 2 saturated heterocycles. The van der Waals surface area contributed by atoms with Crippen molar-refractivity contribution < 1.29 is 0 Å². The quantitative estimate of drug-likeness (QED) is 0.839. The molecule has 0 saturated carbocycles. The molecule has 2 aliphatic rings. The minimum absolute atomic E-state index is 0.311. The summed E-state index contributed by atoms with van der Waals surface area (Å²) in [5.74, 6) is 3.76. The van der Waals surface area contributed by atoms with Crippen LogP contribution >= 0.6 is 23.5 Å². The molecule has 2 fully saturated rings. The van der Waals surface area contributed by atoms with Gasteiger partial charge in [-0.25, -0.2) is 0 Å². The first-order valence-electron chi connectivity index (χ1n) is 7.03. The highest BCUT2D eigenvalue weighted by molar-refractivity contribution is 8.14. The molecule has 0 bridgehead atoms. The molecule has 104 valence electrons. The van der Waals surface area contributed by atoms with Crippen molar-refractivity contribution in [1.29, 1.82) is 0 Å². The lowest BCUT2D eigenvalue weighted by Crippen LogP contribution is -2.42. The van der Waals surface area contributed by atoms with Crippen LogP contribution in [0.4, 0.5) is 0 Å². The maximum Gasteiger partial charge on any atom is 0.157 e. The highest BCUT2D eigenvalue weighted by atomic mass is 32.2. The molecule has 2 rings (SSSR count). The van der Waals surface area contributed by atoms with E-state index in [4.69, 9.17) is 4.99 Å². The molecular weight excluding hydrogens is 262 g/mol. The van der Waals surface area contributed by atoms with E-state index >= 15 is 0 Å². The van der Waals surface area contributed by atoms with E-state index in [-0.39, 0.29) is 0 Å². The molecule has 0 amide bonds. The fourth-order valence-electron chi connectivity index (χ4n) is 2.34. The second-order valence-corrected chi connectivity index (χ2v) is 7.23. The molecule has 0 aliphatic carbocycles. The number of thioether (sulfide) groups is 2. The Labute approximate surface area is 120 Å². The largest absolute Gasteiger partial charge is 0.359 e. The third-order valence-electron chi connectivity index (χ3n) is 3.99. The number of hydrogen-bond donors (Lipinski definition) is 1. The van der Waals surface area contributed by atoms with Crippen LogP contribution in [0.3, 0.4) is 0 Å². The van der Waals surface area contributed by atoms with E-state index in [9.17, 15) is 0 Å². The number of hydrogen-bond acceptors (Lipinski definition) is 4. The summed E-state index contributed by atoms with van der Waals surface area (Å²) in [5, 5.41) is 4.80. The molecule has 18 heavy (non-hydrogen) atoms. The first kappa shape index (κ1) is 14.5. The minimum atomic E-state index is 0.311. The summed E-state index contributed by atoms with van der Waals surface area (Å²) in [6.45, 7) is 9.09. The monoisotopic (exact) mass is 287 g/mol. The van der Waals surface area contributed by atoms with Crippen LogP contribution in [0.5, 0.6) is 0 Å². The molecule has 0 aromatic rings. The van der Waals surface area contributed by atoms with Crippen molar-refractivity contribution in [3.63, 3.8) is 0 Å². The van der Waals surface area contributed by atoms with Crippen molar-refractivity contribution in [3.05, 3.63) is 0 Å². The second-order valence-electron chi connectivity index (χ2n) is 5.04. The third kappa shape index (κ3) is 3.81. The van der Waals surface area contributed by atoms with Gasteiger partial charge in [0.05, 0.1) is 6.54 Å². The molecule has 0 unspecified atom stereocenters. The van der Waals surface area contributed by atoms with E-state index in [1.165, 1.54) is 48.4 Å². The summed E-state index contributed by atoms with van der Waals surface area (Å²) in [6.07, 6.45) is 2.39. The predicted octanol–water partition coefficient (Wildman–Crippen LogP) is 2.29. The van der Waals surface area contributed by atoms with Gasteiger partial charge in [-0.15, -0.1) is 0 Å². The number of amidine groups is 1. The summed E-state index contributed by atoms with van der Waals surface area (Å²) in [7, 11) is 0. The van der Waals surface area contributed by atoms with Crippen LogP contribution in [0.2, 0.25) is 0 Å². The lowest BCUT2D eigenvalue weighted by atomic mass is 9.96. The summed E-state index contributed by atoms with van der Waals surface area (Å²) in [6, 6.07) is 0. The van der Waals surface area contributed by atoms with Gasteiger partial charge in [-0.2, -0.15) is 11.8 Å². The molecule has 3 nitrogen and oxygen atoms in total. The Kier molecular flexibility index (Phi) is 5.70. The van der Waals surface area contributed by atoms with Crippen molar-refractivity contribution in [2.75, 3.05) is 43.4 Å². The first-order valence-corrected chi connectivity index (χ1v) is 9.17. The maximum atomic E-state index is 4.73. The van der Waals surface area contributed by atoms with Crippen molar-refractivity contribution in [3.8, 4) is 0 Å². The zero-order chi connectivity index (χ0) is 12.8. The number of nitrogens with zero attached hydrogens (tertiary/aromatic N) is 2. The van der Waals surface area contributed by atoms with E-state index in [0.29, 0.717) is 5.54 Å². The lowest BCUT2D eigenvalue weighted by Gasteiger charge is -2.26. The number of rotatable bonds is 5. The molecule has 0 aromatic carbocycles. The van der Waals surface area contributed by atoms with Gasteiger partial charge in [-0.3, -0.25) is 9.89 Å². The Bertz CT molecular complexity index is 284. The van der Waals surface area contributed by atoms with Crippen LogP contribution < -0.4 is 5.32 Å². The topological polar surface area (TPSA) is 27.6 Å². The summed E-state index contributed by atoms with van der Waals surface area (Å²) in [4.78, 5) is 7.26. The smallest absolute Gasteiger partial charge is 0.157 e. The molecule has 0 aromatic heterocycles. The zero-order valence-corrected chi connectivity index (χ0v) is 13.2. The Morgan fingerprint density at radius 1 is 1.28 bits per heavy atom. The van der Waals surface area contributed by atoms with E-state index in [1.807, 2.05) is 11.8 Å². The van der Waals surface area contributed by atoms with E-state index in [2.05, 4.69) is 35.8 Å². The van der Waals surface area contributed by atoms with Crippen molar-refractivity contribution in [1.82, 2.24) is 10.2 Å². The van der Waals surface area contributed by atoms with Gasteiger partial charge in [-0.05, 0) is 12.8 Å². The van der Waals surface area contributed by atoms with Crippen LogP contribution in [0, 0.1) is 0 Å². The highest BCUT2D eigenvalue weighted by Gasteiger charge is 2.33. The van der Waals surface area contributed by atoms with Gasteiger partial charge < -0.3 is 5.32 Å². The maximum absolute atomic E-state index is 4.73. The fourth-order valence-corrected chi connectivity index (χ4v) is 4.68. The Balaban J connectivity index is 1.73. The standard InChI is InChI=1S/C13H25N3S2/c1-3-13(4-2)11-18-12(15-13)14-5-6-16-7-9-17-10-8-16/h3-11H2,1-2H3,(H,14,15). The van der Waals surface area contributed by atoms with Crippen LogP contribution in [0.1, 0.15) is 26.7 Å². The number of aliphatic imine (C=N–C) groups is 1. The molecule has 0 atom stereocenters. The lowest BCUT2D eigenvalue weighted by molar-refractivity contribution is 0.311. The van der Waals surface area contributed by atoms with E-state index in [1.54, 1.807) is 0 Å². The van der Waals surface area contributed by atoms with Crippen molar-refractivity contribution in [2.45, 2.75) is 32.2 Å². The Morgan fingerprint density at radius 2 is 2.00 bits per heavy atom. The Hall–Kier alpha value is 0.130. The number of nitrogens with one attached hydrogen (secondary N) is 1. The molecule has 0 spiro atoms. The Morgan fingerprint density at radius 3 is 2.61 bits per heavy atom. The van der Waals surface area contributed by atoms with Crippen LogP contribution in [-0.4, -0.2) is 59.0 Å². The van der Waals surface area contributed by atoms with Gasteiger partial charge in [-0.1, -0.05) is 25.6 Å². The van der Waals surface area contributed by atoms with Crippen LogP contribution in [0.25, 0.3) is 0 Å². The normalized spacial score (nSPS) is 26.4. The summed E-state index contributed by atoms with van der Waals surface area (Å²) >= 11 is 3.97. The van der Waals surface area contributed by atoms with Crippen molar-refractivity contribution in [2.24, 2.45) is 4.99 Å². The molecular formula is C13H25N3S2. The highest BCUT2D eigenvalue weighted by Crippen LogP contribution is 2.28. The average Bonchev–Trinajstić information content (AvgIpc) is 2.84. The zero-order valence-electron chi connectivity index (χ0n) is 11.6. The summed E-state index contributed by atoms with van der Waals surface area (Å²) in [5.41, 5.74) is 0.311. The van der Waals surface area contributed by atoms with Gasteiger partial charge in [0, 0.05) is 42.4 Å². The van der Waals surface area contributed by atoms with Gasteiger partial charge in [0.1, 0.15) is 0 Å². The SMILES string of the molecule is CCC1(CC)CSC(=NCCN2CCSCC2)N1. The minimum Gasteiger partial charge on any atom is -0.359 e. The van der Waals surface area contributed by atoms with Gasteiger partial charge in [0.25, 0.3) is 0 Å². The van der Waals surface area contributed by atoms with Crippen LogP contribution in [0.15, 0.2) is 4.99 Å².